The van der Waals surface area contributed by atoms with Gasteiger partial charge < -0.3 is 5.32 Å². The molecule has 0 amide bonds. The van der Waals surface area contributed by atoms with Crippen LogP contribution in [-0.4, -0.2) is 11.5 Å². The molecule has 3 heteroatoms. The van der Waals surface area contributed by atoms with Gasteiger partial charge in [-0.25, -0.2) is 4.98 Å². The van der Waals surface area contributed by atoms with Gasteiger partial charge in [0.2, 0.25) is 0 Å². The number of nitrogens with zero attached hydrogens (tertiary/aromatic N) is 1. The summed E-state index contributed by atoms with van der Waals surface area (Å²) in [7, 11) is 0. The minimum absolute atomic E-state index is 0.389. The summed E-state index contributed by atoms with van der Waals surface area (Å²) in [6, 6.07) is 0.389. The summed E-state index contributed by atoms with van der Waals surface area (Å²) >= 11 is 1.83. The van der Waals surface area contributed by atoms with Crippen molar-refractivity contribution >= 4 is 11.3 Å². The fourth-order valence-electron chi connectivity index (χ4n) is 1.68. The van der Waals surface area contributed by atoms with E-state index in [9.17, 15) is 0 Å². The molecule has 1 atom stereocenters. The SMILES string of the molecule is C=CCCCCCNC(C)c1ncc(CC)s1. The van der Waals surface area contributed by atoms with E-state index in [4.69, 9.17) is 0 Å². The van der Waals surface area contributed by atoms with Gasteiger partial charge in [0.1, 0.15) is 5.01 Å². The summed E-state index contributed by atoms with van der Waals surface area (Å²) < 4.78 is 0. The fraction of sp³-hybridized carbons (Fsp3) is 0.643. The predicted octanol–water partition coefficient (Wildman–Crippen LogP) is 4.10. The molecule has 96 valence electrons. The lowest BCUT2D eigenvalue weighted by molar-refractivity contribution is 0.538. The van der Waals surface area contributed by atoms with Crippen molar-refractivity contribution in [2.75, 3.05) is 6.54 Å². The van der Waals surface area contributed by atoms with Crippen molar-refractivity contribution in [1.29, 1.82) is 0 Å². The highest BCUT2D eigenvalue weighted by atomic mass is 32.1. The monoisotopic (exact) mass is 252 g/mol. The zero-order valence-electron chi connectivity index (χ0n) is 11.0. The molecule has 0 aromatic carbocycles. The minimum Gasteiger partial charge on any atom is -0.308 e. The third kappa shape index (κ3) is 5.46. The van der Waals surface area contributed by atoms with Crippen LogP contribution in [-0.2, 0) is 6.42 Å². The van der Waals surface area contributed by atoms with Crippen LogP contribution in [0.2, 0.25) is 0 Å². The maximum absolute atomic E-state index is 4.46. The fourth-order valence-corrected chi connectivity index (χ4v) is 2.57. The summed E-state index contributed by atoms with van der Waals surface area (Å²) in [5, 5.41) is 4.75. The number of aromatic nitrogens is 1. The molecule has 1 heterocycles. The highest BCUT2D eigenvalue weighted by Gasteiger charge is 2.08. The molecule has 1 N–H and O–H groups in total. The second kappa shape index (κ2) is 8.43. The molecule has 0 saturated heterocycles. The Balaban J connectivity index is 2.16. The molecule has 1 aromatic heterocycles. The Morgan fingerprint density at radius 1 is 1.47 bits per heavy atom. The van der Waals surface area contributed by atoms with E-state index >= 15 is 0 Å². The van der Waals surface area contributed by atoms with Crippen LogP contribution in [0.15, 0.2) is 18.9 Å². The van der Waals surface area contributed by atoms with E-state index in [1.54, 1.807) is 0 Å². The summed E-state index contributed by atoms with van der Waals surface area (Å²) in [6.45, 7) is 9.19. The molecule has 1 unspecified atom stereocenters. The molecule has 1 rings (SSSR count). The quantitative estimate of drug-likeness (QED) is 0.528. The van der Waals surface area contributed by atoms with E-state index in [1.807, 2.05) is 23.6 Å². The van der Waals surface area contributed by atoms with Gasteiger partial charge in [0.05, 0.1) is 6.04 Å². The molecule has 0 saturated carbocycles. The Labute approximate surface area is 109 Å². The summed E-state index contributed by atoms with van der Waals surface area (Å²) in [6.07, 6.45) is 10.0. The van der Waals surface area contributed by atoms with Crippen LogP contribution in [0.3, 0.4) is 0 Å². The van der Waals surface area contributed by atoms with E-state index < -0.39 is 0 Å². The Kier molecular flexibility index (Phi) is 7.13. The topological polar surface area (TPSA) is 24.9 Å². The predicted molar refractivity (Wildman–Crippen MR) is 76.6 cm³/mol. The van der Waals surface area contributed by atoms with Crippen LogP contribution in [0, 0.1) is 0 Å². The second-order valence-electron chi connectivity index (χ2n) is 4.33. The van der Waals surface area contributed by atoms with Gasteiger partial charge >= 0.3 is 0 Å². The third-order valence-corrected chi connectivity index (χ3v) is 4.15. The van der Waals surface area contributed by atoms with Crippen molar-refractivity contribution in [3.63, 3.8) is 0 Å². The second-order valence-corrected chi connectivity index (χ2v) is 5.48. The minimum atomic E-state index is 0.389. The Morgan fingerprint density at radius 2 is 2.29 bits per heavy atom. The standard InChI is InChI=1S/C14H24N2S/c1-4-6-7-8-9-10-15-12(3)14-16-11-13(5-2)17-14/h4,11-12,15H,1,5-10H2,2-3H3. The number of thiazole rings is 1. The van der Waals surface area contributed by atoms with Crippen molar-refractivity contribution in [3.8, 4) is 0 Å². The maximum atomic E-state index is 4.46. The van der Waals surface area contributed by atoms with Crippen molar-refractivity contribution < 1.29 is 0 Å². The first-order chi connectivity index (χ1) is 8.27. The molecule has 0 bridgehead atoms. The number of hydrogen-bond acceptors (Lipinski definition) is 3. The van der Waals surface area contributed by atoms with Gasteiger partial charge in [-0.15, -0.1) is 17.9 Å². The lowest BCUT2D eigenvalue weighted by Gasteiger charge is -2.10. The molecule has 0 aliphatic carbocycles. The number of allylic oxidation sites excluding steroid dienone is 1. The van der Waals surface area contributed by atoms with E-state index in [2.05, 4.69) is 30.7 Å². The highest BCUT2D eigenvalue weighted by molar-refractivity contribution is 7.11. The van der Waals surface area contributed by atoms with Crippen LogP contribution in [0.4, 0.5) is 0 Å². The molecule has 1 aromatic rings. The van der Waals surface area contributed by atoms with E-state index in [-0.39, 0.29) is 0 Å². The average Bonchev–Trinajstić information content (AvgIpc) is 2.82. The van der Waals surface area contributed by atoms with E-state index in [1.165, 1.54) is 29.1 Å². The van der Waals surface area contributed by atoms with Gasteiger partial charge in [-0.1, -0.05) is 19.4 Å². The molecule has 0 fully saturated rings. The van der Waals surface area contributed by atoms with Gasteiger partial charge in [0, 0.05) is 11.1 Å². The van der Waals surface area contributed by atoms with Gasteiger partial charge in [0.15, 0.2) is 0 Å². The first-order valence-electron chi connectivity index (χ1n) is 6.56. The van der Waals surface area contributed by atoms with Crippen molar-refractivity contribution in [1.82, 2.24) is 10.3 Å². The first kappa shape index (κ1) is 14.4. The third-order valence-electron chi connectivity index (χ3n) is 2.83. The molecular formula is C14H24N2S. The van der Waals surface area contributed by atoms with Crippen LogP contribution in [0.1, 0.15) is 55.5 Å². The largest absolute Gasteiger partial charge is 0.308 e. The molecule has 0 spiro atoms. The van der Waals surface area contributed by atoms with Crippen LogP contribution in [0.5, 0.6) is 0 Å². The smallest absolute Gasteiger partial charge is 0.109 e. The first-order valence-corrected chi connectivity index (χ1v) is 7.38. The normalized spacial score (nSPS) is 12.6. The molecule has 17 heavy (non-hydrogen) atoms. The number of hydrogen-bond donors (Lipinski definition) is 1. The molecule has 2 nitrogen and oxygen atoms in total. The van der Waals surface area contributed by atoms with Crippen molar-refractivity contribution in [2.24, 2.45) is 0 Å². The lowest BCUT2D eigenvalue weighted by atomic mass is 10.2. The molecule has 0 radical (unpaired) electrons. The number of nitrogens with one attached hydrogen (secondary N) is 1. The molecule has 0 aliphatic heterocycles. The number of unbranched alkanes of at least 4 members (excludes halogenated alkanes) is 3. The Hall–Kier alpha value is -0.670. The van der Waals surface area contributed by atoms with E-state index in [0.29, 0.717) is 6.04 Å². The average molecular weight is 252 g/mol. The number of rotatable bonds is 9. The molecular weight excluding hydrogens is 228 g/mol. The Bertz CT molecular complexity index is 320. The van der Waals surface area contributed by atoms with Crippen LogP contribution in [0.25, 0.3) is 0 Å². The maximum Gasteiger partial charge on any atom is 0.109 e. The van der Waals surface area contributed by atoms with Crippen molar-refractivity contribution in [3.05, 3.63) is 28.7 Å². The van der Waals surface area contributed by atoms with Gasteiger partial charge in [0.25, 0.3) is 0 Å². The summed E-state index contributed by atoms with van der Waals surface area (Å²) in [4.78, 5) is 5.83. The lowest BCUT2D eigenvalue weighted by Crippen LogP contribution is -2.19. The van der Waals surface area contributed by atoms with E-state index in [0.717, 1.165) is 19.4 Å². The zero-order chi connectivity index (χ0) is 12.5. The number of aryl methyl sites for hydroxylation is 1. The highest BCUT2D eigenvalue weighted by Crippen LogP contribution is 2.20. The van der Waals surface area contributed by atoms with Gasteiger partial charge in [-0.2, -0.15) is 0 Å². The van der Waals surface area contributed by atoms with Crippen molar-refractivity contribution in [2.45, 2.75) is 52.0 Å². The summed E-state index contributed by atoms with van der Waals surface area (Å²) in [5.41, 5.74) is 0. The summed E-state index contributed by atoms with van der Waals surface area (Å²) in [5.74, 6) is 0. The Morgan fingerprint density at radius 3 is 2.94 bits per heavy atom. The van der Waals surface area contributed by atoms with Crippen LogP contribution >= 0.6 is 11.3 Å². The molecule has 0 aliphatic rings. The van der Waals surface area contributed by atoms with Gasteiger partial charge in [-0.05, 0) is 39.2 Å². The van der Waals surface area contributed by atoms with Gasteiger partial charge in [-0.3, -0.25) is 0 Å². The zero-order valence-corrected chi connectivity index (χ0v) is 11.9. The van der Waals surface area contributed by atoms with Crippen LogP contribution < -0.4 is 5.32 Å².